The zero-order chi connectivity index (χ0) is 20.3. The number of nitrogens with zero attached hydrogens (tertiary/aromatic N) is 1. The number of hydrogen-bond acceptors (Lipinski definition) is 3. The molecule has 1 amide bonds. The summed E-state index contributed by atoms with van der Waals surface area (Å²) >= 11 is 0. The molecule has 0 spiro atoms. The number of carbonyl (C=O) groups is 1. The average Bonchev–Trinajstić information content (AvgIpc) is 2.79. The molecule has 154 valence electrons. The fourth-order valence-electron chi connectivity index (χ4n) is 4.98. The van der Waals surface area contributed by atoms with Crippen molar-refractivity contribution in [2.75, 3.05) is 32.9 Å². The number of piperidine rings is 1. The monoisotopic (exact) mass is 397 g/mol. The van der Waals surface area contributed by atoms with Crippen LogP contribution in [-0.4, -0.2) is 48.8 Å². The van der Waals surface area contributed by atoms with Gasteiger partial charge in [-0.2, -0.15) is 0 Å². The van der Waals surface area contributed by atoms with E-state index in [9.17, 15) is 14.3 Å². The van der Waals surface area contributed by atoms with Crippen LogP contribution in [0.3, 0.4) is 0 Å². The number of likely N-dealkylation sites (tertiary alicyclic amines) is 1. The smallest absolute Gasteiger partial charge is 0.233 e. The van der Waals surface area contributed by atoms with E-state index in [2.05, 4.69) is 12.1 Å². The quantitative estimate of drug-likeness (QED) is 0.859. The largest absolute Gasteiger partial charge is 0.396 e. The molecule has 2 aromatic carbocycles. The Labute approximate surface area is 171 Å². The van der Waals surface area contributed by atoms with E-state index in [1.165, 1.54) is 17.7 Å². The molecule has 0 saturated carbocycles. The molecule has 2 aliphatic heterocycles. The molecular weight excluding hydrogens is 369 g/mol. The Morgan fingerprint density at radius 3 is 2.59 bits per heavy atom. The predicted molar refractivity (Wildman–Crippen MR) is 109 cm³/mol. The Morgan fingerprint density at radius 2 is 1.90 bits per heavy atom. The minimum absolute atomic E-state index is 0.000463. The van der Waals surface area contributed by atoms with Crippen LogP contribution in [0.2, 0.25) is 0 Å². The van der Waals surface area contributed by atoms with Crippen molar-refractivity contribution in [1.82, 2.24) is 4.90 Å². The van der Waals surface area contributed by atoms with Gasteiger partial charge in [0, 0.05) is 38.8 Å². The third-order valence-electron chi connectivity index (χ3n) is 6.62. The molecule has 0 unspecified atom stereocenters. The van der Waals surface area contributed by atoms with Crippen LogP contribution in [-0.2, 0) is 14.9 Å². The van der Waals surface area contributed by atoms with Crippen LogP contribution in [0.4, 0.5) is 4.39 Å². The number of aliphatic hydroxyl groups is 1. The second kappa shape index (κ2) is 8.64. The summed E-state index contributed by atoms with van der Waals surface area (Å²) in [7, 11) is 0. The van der Waals surface area contributed by atoms with Gasteiger partial charge in [0.05, 0.1) is 5.41 Å². The highest BCUT2D eigenvalue weighted by atomic mass is 19.1. The average molecular weight is 397 g/mol. The van der Waals surface area contributed by atoms with Crippen LogP contribution < -0.4 is 0 Å². The first kappa shape index (κ1) is 20.0. The molecule has 4 rings (SSSR count). The van der Waals surface area contributed by atoms with E-state index in [1.807, 2.05) is 29.2 Å². The maximum absolute atomic E-state index is 14.0. The molecule has 0 radical (unpaired) electrons. The van der Waals surface area contributed by atoms with Gasteiger partial charge in [-0.3, -0.25) is 4.79 Å². The van der Waals surface area contributed by atoms with Crippen LogP contribution in [0.15, 0.2) is 54.6 Å². The van der Waals surface area contributed by atoms with E-state index >= 15 is 0 Å². The van der Waals surface area contributed by atoms with Gasteiger partial charge in [0.1, 0.15) is 5.82 Å². The molecule has 5 heteroatoms. The van der Waals surface area contributed by atoms with Crippen LogP contribution in [0.25, 0.3) is 0 Å². The van der Waals surface area contributed by atoms with Crippen molar-refractivity contribution in [2.45, 2.75) is 30.6 Å². The Bertz CT molecular complexity index is 835. The van der Waals surface area contributed by atoms with Gasteiger partial charge in [0.15, 0.2) is 0 Å². The number of benzene rings is 2. The van der Waals surface area contributed by atoms with Gasteiger partial charge in [-0.25, -0.2) is 4.39 Å². The number of halogens is 1. The number of carbonyl (C=O) groups excluding carboxylic acids is 1. The summed E-state index contributed by atoms with van der Waals surface area (Å²) in [5, 5.41) is 10.0. The summed E-state index contributed by atoms with van der Waals surface area (Å²) < 4.78 is 19.5. The van der Waals surface area contributed by atoms with Crippen molar-refractivity contribution in [3.05, 3.63) is 71.5 Å². The number of hydrogen-bond donors (Lipinski definition) is 1. The first-order chi connectivity index (χ1) is 14.1. The van der Waals surface area contributed by atoms with Crippen molar-refractivity contribution < 1.29 is 19.0 Å². The maximum Gasteiger partial charge on any atom is 0.233 e. The lowest BCUT2D eigenvalue weighted by atomic mass is 9.72. The topological polar surface area (TPSA) is 49.8 Å². The second-order valence-electron chi connectivity index (χ2n) is 8.20. The van der Waals surface area contributed by atoms with Gasteiger partial charge in [0.2, 0.25) is 5.91 Å². The lowest BCUT2D eigenvalue weighted by Crippen LogP contribution is -2.54. The zero-order valence-corrected chi connectivity index (χ0v) is 16.6. The Kier molecular flexibility index (Phi) is 5.97. The molecule has 4 nitrogen and oxygen atoms in total. The van der Waals surface area contributed by atoms with Crippen molar-refractivity contribution in [1.29, 1.82) is 0 Å². The summed E-state index contributed by atoms with van der Waals surface area (Å²) in [5.74, 6) is -0.0434. The summed E-state index contributed by atoms with van der Waals surface area (Å²) in [6.07, 6.45) is 1.92. The molecule has 2 atom stereocenters. The molecule has 0 aromatic heterocycles. The highest BCUT2D eigenvalue weighted by molar-refractivity contribution is 5.88. The molecular formula is C24H28FNO3. The molecule has 2 aromatic rings. The lowest BCUT2D eigenvalue weighted by molar-refractivity contribution is -0.144. The molecule has 0 aliphatic carbocycles. The highest BCUT2D eigenvalue weighted by Crippen LogP contribution is 2.40. The standard InChI is InChI=1S/C24H28FNO3/c25-21-8-4-7-20(15-21)24(10-13-29-14-11-24)23(28)26-12-9-22(19(16-26)17-27)18-5-2-1-3-6-18/h1-8,15,19,22,27H,9-14,16-17H2/t19-,22+/m1/s1. The number of ether oxygens (including phenoxy) is 1. The van der Waals surface area contributed by atoms with E-state index in [0.717, 1.165) is 12.0 Å². The van der Waals surface area contributed by atoms with Gasteiger partial charge in [-0.15, -0.1) is 0 Å². The third-order valence-corrected chi connectivity index (χ3v) is 6.62. The molecule has 2 saturated heterocycles. The molecule has 29 heavy (non-hydrogen) atoms. The minimum atomic E-state index is -0.750. The Balaban J connectivity index is 1.59. The van der Waals surface area contributed by atoms with Crippen molar-refractivity contribution in [2.24, 2.45) is 5.92 Å². The third kappa shape index (κ3) is 3.94. The number of aliphatic hydroxyl groups excluding tert-OH is 1. The first-order valence-corrected chi connectivity index (χ1v) is 10.4. The van der Waals surface area contributed by atoms with Crippen LogP contribution >= 0.6 is 0 Å². The van der Waals surface area contributed by atoms with E-state index in [1.54, 1.807) is 6.07 Å². The van der Waals surface area contributed by atoms with E-state index in [-0.39, 0.29) is 30.2 Å². The molecule has 2 fully saturated rings. The summed E-state index contributed by atoms with van der Waals surface area (Å²) in [6, 6.07) is 16.6. The molecule has 2 heterocycles. The van der Waals surface area contributed by atoms with Crippen molar-refractivity contribution >= 4 is 5.91 Å². The Morgan fingerprint density at radius 1 is 1.14 bits per heavy atom. The van der Waals surface area contributed by atoms with Crippen LogP contribution in [0, 0.1) is 11.7 Å². The number of amides is 1. The number of rotatable bonds is 4. The van der Waals surface area contributed by atoms with Gasteiger partial charge in [-0.1, -0.05) is 42.5 Å². The normalized spacial score (nSPS) is 24.3. The second-order valence-corrected chi connectivity index (χ2v) is 8.20. The summed E-state index contributed by atoms with van der Waals surface area (Å²) in [5.41, 5.74) is 1.20. The van der Waals surface area contributed by atoms with E-state index < -0.39 is 5.41 Å². The summed E-state index contributed by atoms with van der Waals surface area (Å²) in [6.45, 7) is 2.19. The van der Waals surface area contributed by atoms with Crippen LogP contribution in [0.5, 0.6) is 0 Å². The fraction of sp³-hybridized carbons (Fsp3) is 0.458. The lowest BCUT2D eigenvalue weighted by Gasteiger charge is -2.44. The van der Waals surface area contributed by atoms with Gasteiger partial charge in [-0.05, 0) is 48.4 Å². The molecule has 1 N–H and O–H groups in total. The van der Waals surface area contributed by atoms with Crippen molar-refractivity contribution in [3.8, 4) is 0 Å². The highest BCUT2D eigenvalue weighted by Gasteiger charge is 2.46. The SMILES string of the molecule is O=C(N1CC[C@@H](c2ccccc2)[C@@H](CO)C1)C1(c2cccc(F)c2)CCOCC1. The molecule has 0 bridgehead atoms. The Hall–Kier alpha value is -2.24. The van der Waals surface area contributed by atoms with Crippen molar-refractivity contribution in [3.63, 3.8) is 0 Å². The molecule has 2 aliphatic rings. The van der Waals surface area contributed by atoms with Crippen LogP contribution in [0.1, 0.15) is 36.3 Å². The van der Waals surface area contributed by atoms with E-state index in [4.69, 9.17) is 4.74 Å². The van der Waals surface area contributed by atoms with Gasteiger partial charge < -0.3 is 14.7 Å². The minimum Gasteiger partial charge on any atom is -0.396 e. The van der Waals surface area contributed by atoms with Gasteiger partial charge in [0.25, 0.3) is 0 Å². The summed E-state index contributed by atoms with van der Waals surface area (Å²) in [4.78, 5) is 15.6. The zero-order valence-electron chi connectivity index (χ0n) is 16.6. The van der Waals surface area contributed by atoms with E-state index in [0.29, 0.717) is 39.1 Å². The van der Waals surface area contributed by atoms with Gasteiger partial charge >= 0.3 is 0 Å². The predicted octanol–water partition coefficient (Wildman–Crippen LogP) is 3.50. The first-order valence-electron chi connectivity index (χ1n) is 10.4. The fourth-order valence-corrected chi connectivity index (χ4v) is 4.98. The maximum atomic E-state index is 14.0.